The first-order valence-corrected chi connectivity index (χ1v) is 6.98. The highest BCUT2D eigenvalue weighted by Gasteiger charge is 2.05. The van der Waals surface area contributed by atoms with Crippen molar-refractivity contribution in [2.24, 2.45) is 0 Å². The topological polar surface area (TPSA) is 15.3 Å². The van der Waals surface area contributed by atoms with Crippen LogP contribution in [-0.2, 0) is 6.54 Å². The fourth-order valence-corrected chi connectivity index (χ4v) is 2.10. The molecular formula is C13H20BrClN2. The Kier molecular flexibility index (Phi) is 6.49. The van der Waals surface area contributed by atoms with Gasteiger partial charge in [-0.3, -0.25) is 0 Å². The van der Waals surface area contributed by atoms with Crippen LogP contribution in [0.4, 0.5) is 0 Å². The van der Waals surface area contributed by atoms with Crippen LogP contribution >= 0.6 is 27.5 Å². The lowest BCUT2D eigenvalue weighted by molar-refractivity contribution is 0.365. The summed E-state index contributed by atoms with van der Waals surface area (Å²) < 4.78 is 1.11. The molecule has 17 heavy (non-hydrogen) atoms. The molecule has 0 heterocycles. The summed E-state index contributed by atoms with van der Waals surface area (Å²) in [5.74, 6) is 0. The average Bonchev–Trinajstić information content (AvgIpc) is 2.27. The molecule has 0 spiro atoms. The van der Waals surface area contributed by atoms with E-state index in [1.54, 1.807) is 0 Å². The van der Waals surface area contributed by atoms with Gasteiger partial charge in [-0.1, -0.05) is 27.5 Å². The van der Waals surface area contributed by atoms with E-state index in [1.807, 2.05) is 18.2 Å². The van der Waals surface area contributed by atoms with E-state index < -0.39 is 0 Å². The van der Waals surface area contributed by atoms with Gasteiger partial charge in [0.25, 0.3) is 0 Å². The zero-order valence-electron chi connectivity index (χ0n) is 10.6. The molecule has 1 rings (SSSR count). The predicted octanol–water partition coefficient (Wildman–Crippen LogP) is 3.53. The van der Waals surface area contributed by atoms with Crippen molar-refractivity contribution in [2.45, 2.75) is 25.9 Å². The quantitative estimate of drug-likeness (QED) is 0.863. The van der Waals surface area contributed by atoms with Crippen LogP contribution in [0.5, 0.6) is 0 Å². The molecule has 1 aromatic rings. The number of nitrogens with zero attached hydrogens (tertiary/aromatic N) is 1. The summed E-state index contributed by atoms with van der Waals surface area (Å²) >= 11 is 9.52. The Morgan fingerprint density at radius 3 is 2.76 bits per heavy atom. The standard InChI is InChI=1S/C13H20BrClN2/c1-10(6-7-17(2)3)16-9-11-8-12(15)4-5-13(11)14/h4-5,8,10,16H,6-7,9H2,1-3H3. The predicted molar refractivity (Wildman–Crippen MR) is 78.6 cm³/mol. The first kappa shape index (κ1) is 15.0. The summed E-state index contributed by atoms with van der Waals surface area (Å²) in [6, 6.07) is 6.38. The van der Waals surface area contributed by atoms with Gasteiger partial charge in [-0.25, -0.2) is 0 Å². The maximum Gasteiger partial charge on any atom is 0.0410 e. The lowest BCUT2D eigenvalue weighted by Gasteiger charge is -2.17. The zero-order chi connectivity index (χ0) is 12.8. The average molecular weight is 320 g/mol. The Bertz CT molecular complexity index is 355. The van der Waals surface area contributed by atoms with E-state index in [0.717, 1.165) is 29.0 Å². The van der Waals surface area contributed by atoms with E-state index in [9.17, 15) is 0 Å². The fourth-order valence-electron chi connectivity index (χ4n) is 1.52. The Hall–Kier alpha value is -0.0900. The van der Waals surface area contributed by atoms with Crippen LogP contribution < -0.4 is 5.32 Å². The van der Waals surface area contributed by atoms with Crippen molar-refractivity contribution in [1.29, 1.82) is 0 Å². The van der Waals surface area contributed by atoms with E-state index in [0.29, 0.717) is 6.04 Å². The van der Waals surface area contributed by atoms with Crippen LogP contribution in [0.3, 0.4) is 0 Å². The number of hydrogen-bond acceptors (Lipinski definition) is 2. The van der Waals surface area contributed by atoms with Crippen LogP contribution in [0.15, 0.2) is 22.7 Å². The van der Waals surface area contributed by atoms with Crippen LogP contribution in [-0.4, -0.2) is 31.6 Å². The van der Waals surface area contributed by atoms with Crippen LogP contribution in [0.25, 0.3) is 0 Å². The Morgan fingerprint density at radius 1 is 1.41 bits per heavy atom. The van der Waals surface area contributed by atoms with E-state index in [1.165, 1.54) is 5.56 Å². The number of benzene rings is 1. The Morgan fingerprint density at radius 2 is 2.12 bits per heavy atom. The molecule has 0 saturated heterocycles. The monoisotopic (exact) mass is 318 g/mol. The van der Waals surface area contributed by atoms with Gasteiger partial charge in [0, 0.05) is 22.1 Å². The molecular weight excluding hydrogens is 300 g/mol. The zero-order valence-corrected chi connectivity index (χ0v) is 13.0. The van der Waals surface area contributed by atoms with Crippen molar-refractivity contribution in [2.75, 3.05) is 20.6 Å². The van der Waals surface area contributed by atoms with Gasteiger partial charge in [0.15, 0.2) is 0 Å². The fraction of sp³-hybridized carbons (Fsp3) is 0.538. The molecule has 0 aliphatic carbocycles. The van der Waals surface area contributed by atoms with Gasteiger partial charge in [0.05, 0.1) is 0 Å². The highest BCUT2D eigenvalue weighted by atomic mass is 79.9. The lowest BCUT2D eigenvalue weighted by Crippen LogP contribution is -2.29. The molecule has 0 saturated carbocycles. The van der Waals surface area contributed by atoms with Gasteiger partial charge in [-0.05, 0) is 57.7 Å². The third kappa shape index (κ3) is 5.87. The van der Waals surface area contributed by atoms with Gasteiger partial charge in [0.1, 0.15) is 0 Å². The van der Waals surface area contributed by atoms with Gasteiger partial charge in [0.2, 0.25) is 0 Å². The summed E-state index contributed by atoms with van der Waals surface area (Å²) in [7, 11) is 4.19. The second-order valence-electron chi connectivity index (χ2n) is 4.61. The molecule has 0 aliphatic heterocycles. The van der Waals surface area contributed by atoms with Crippen LogP contribution in [0.2, 0.25) is 5.02 Å². The van der Waals surface area contributed by atoms with E-state index >= 15 is 0 Å². The number of rotatable bonds is 6. The molecule has 4 heteroatoms. The maximum absolute atomic E-state index is 5.98. The molecule has 0 aromatic heterocycles. The molecule has 1 atom stereocenters. The summed E-state index contributed by atoms with van der Waals surface area (Å²) in [4.78, 5) is 2.20. The van der Waals surface area contributed by atoms with Gasteiger partial charge >= 0.3 is 0 Å². The molecule has 2 nitrogen and oxygen atoms in total. The van der Waals surface area contributed by atoms with E-state index in [2.05, 4.69) is 47.2 Å². The van der Waals surface area contributed by atoms with Crippen molar-refractivity contribution in [3.63, 3.8) is 0 Å². The number of hydrogen-bond donors (Lipinski definition) is 1. The maximum atomic E-state index is 5.98. The van der Waals surface area contributed by atoms with Crippen molar-refractivity contribution in [3.8, 4) is 0 Å². The minimum Gasteiger partial charge on any atom is -0.310 e. The molecule has 0 amide bonds. The van der Waals surface area contributed by atoms with Gasteiger partial charge in [-0.2, -0.15) is 0 Å². The summed E-state index contributed by atoms with van der Waals surface area (Å²) in [5.41, 5.74) is 1.20. The Balaban J connectivity index is 2.41. The van der Waals surface area contributed by atoms with Crippen molar-refractivity contribution >= 4 is 27.5 Å². The Labute approximate surface area is 117 Å². The second-order valence-corrected chi connectivity index (χ2v) is 5.90. The number of nitrogens with one attached hydrogen (secondary N) is 1. The molecule has 1 unspecified atom stereocenters. The molecule has 1 N–H and O–H groups in total. The van der Waals surface area contributed by atoms with Gasteiger partial charge in [-0.15, -0.1) is 0 Å². The highest BCUT2D eigenvalue weighted by molar-refractivity contribution is 9.10. The minimum absolute atomic E-state index is 0.503. The normalized spacial score (nSPS) is 13.1. The third-order valence-electron chi connectivity index (χ3n) is 2.66. The van der Waals surface area contributed by atoms with Crippen molar-refractivity contribution in [3.05, 3.63) is 33.3 Å². The van der Waals surface area contributed by atoms with E-state index in [4.69, 9.17) is 11.6 Å². The highest BCUT2D eigenvalue weighted by Crippen LogP contribution is 2.21. The third-order valence-corrected chi connectivity index (χ3v) is 3.67. The van der Waals surface area contributed by atoms with Crippen molar-refractivity contribution < 1.29 is 0 Å². The summed E-state index contributed by atoms with van der Waals surface area (Å²) in [6.07, 6.45) is 1.14. The molecule has 0 radical (unpaired) electrons. The summed E-state index contributed by atoms with van der Waals surface area (Å²) in [5, 5.41) is 4.29. The molecule has 0 fully saturated rings. The molecule has 0 aliphatic rings. The first-order valence-electron chi connectivity index (χ1n) is 5.81. The molecule has 0 bridgehead atoms. The van der Waals surface area contributed by atoms with Gasteiger partial charge < -0.3 is 10.2 Å². The first-order chi connectivity index (χ1) is 7.99. The summed E-state index contributed by atoms with van der Waals surface area (Å²) in [6.45, 7) is 4.16. The van der Waals surface area contributed by atoms with Crippen LogP contribution in [0, 0.1) is 0 Å². The molecule has 96 valence electrons. The van der Waals surface area contributed by atoms with Crippen LogP contribution in [0.1, 0.15) is 18.9 Å². The molecule has 1 aromatic carbocycles. The largest absolute Gasteiger partial charge is 0.310 e. The van der Waals surface area contributed by atoms with Crippen molar-refractivity contribution in [1.82, 2.24) is 10.2 Å². The SMILES string of the molecule is CC(CCN(C)C)NCc1cc(Cl)ccc1Br. The second kappa shape index (κ2) is 7.37. The number of halogens is 2. The lowest BCUT2D eigenvalue weighted by atomic mass is 10.2. The van der Waals surface area contributed by atoms with E-state index in [-0.39, 0.29) is 0 Å². The smallest absolute Gasteiger partial charge is 0.0410 e. The minimum atomic E-state index is 0.503.